The van der Waals surface area contributed by atoms with Gasteiger partial charge in [-0.15, -0.1) is 0 Å². The van der Waals surface area contributed by atoms with Crippen molar-refractivity contribution in [2.75, 3.05) is 32.8 Å². The number of likely N-dealkylation sites (tertiary alicyclic amines) is 1. The topological polar surface area (TPSA) is 12.5 Å². The number of rotatable bonds is 6. The van der Waals surface area contributed by atoms with E-state index in [9.17, 15) is 0 Å². The lowest BCUT2D eigenvalue weighted by Gasteiger charge is -2.23. The molecule has 0 unspecified atom stereocenters. The summed E-state index contributed by atoms with van der Waals surface area (Å²) >= 11 is 0. The first-order chi connectivity index (χ1) is 6.64. The second-order valence-corrected chi connectivity index (χ2v) is 5.12. The normalized spacial score (nSPS) is 19.1. The fourth-order valence-electron chi connectivity index (χ4n) is 1.65. The average molecular weight is 199 g/mol. The first-order valence-corrected chi connectivity index (χ1v) is 5.94. The van der Waals surface area contributed by atoms with Gasteiger partial charge in [-0.05, 0) is 37.8 Å². The maximum atomic E-state index is 5.71. The Balaban J connectivity index is 1.98. The molecule has 84 valence electrons. The highest BCUT2D eigenvalue weighted by Crippen LogP contribution is 2.19. The smallest absolute Gasteiger partial charge is 0.0593 e. The van der Waals surface area contributed by atoms with Crippen LogP contribution in [0, 0.1) is 5.41 Å². The highest BCUT2D eigenvalue weighted by atomic mass is 16.5. The van der Waals surface area contributed by atoms with Gasteiger partial charge in [-0.3, -0.25) is 0 Å². The Hall–Kier alpha value is -0.0800. The van der Waals surface area contributed by atoms with Gasteiger partial charge in [-0.25, -0.2) is 0 Å². The second-order valence-electron chi connectivity index (χ2n) is 5.12. The van der Waals surface area contributed by atoms with Crippen molar-refractivity contribution in [1.29, 1.82) is 0 Å². The third-order valence-corrected chi connectivity index (χ3v) is 3.20. The Kier molecular flexibility index (Phi) is 4.90. The Morgan fingerprint density at radius 3 is 2.43 bits per heavy atom. The Morgan fingerprint density at radius 1 is 1.21 bits per heavy atom. The van der Waals surface area contributed by atoms with Gasteiger partial charge in [-0.2, -0.15) is 0 Å². The van der Waals surface area contributed by atoms with Crippen LogP contribution in [0.15, 0.2) is 0 Å². The summed E-state index contributed by atoms with van der Waals surface area (Å²) in [7, 11) is 0. The van der Waals surface area contributed by atoms with Crippen LogP contribution in [0.5, 0.6) is 0 Å². The van der Waals surface area contributed by atoms with Crippen molar-refractivity contribution in [1.82, 2.24) is 4.90 Å². The molecule has 0 aromatic heterocycles. The van der Waals surface area contributed by atoms with Crippen molar-refractivity contribution in [3.8, 4) is 0 Å². The molecule has 1 rings (SSSR count). The van der Waals surface area contributed by atoms with E-state index >= 15 is 0 Å². The van der Waals surface area contributed by atoms with Gasteiger partial charge >= 0.3 is 0 Å². The van der Waals surface area contributed by atoms with E-state index in [0.717, 1.165) is 19.8 Å². The molecule has 1 saturated heterocycles. The van der Waals surface area contributed by atoms with Crippen LogP contribution in [-0.4, -0.2) is 37.7 Å². The van der Waals surface area contributed by atoms with E-state index in [-0.39, 0.29) is 0 Å². The molecule has 0 atom stereocenters. The lowest BCUT2D eigenvalue weighted by Crippen LogP contribution is -2.26. The predicted octanol–water partition coefficient (Wildman–Crippen LogP) is 2.54. The number of hydrogen-bond donors (Lipinski definition) is 0. The molecule has 0 N–H and O–H groups in total. The van der Waals surface area contributed by atoms with E-state index < -0.39 is 0 Å². The van der Waals surface area contributed by atoms with Gasteiger partial charge in [0.1, 0.15) is 0 Å². The zero-order chi connectivity index (χ0) is 10.4. The van der Waals surface area contributed by atoms with Crippen molar-refractivity contribution in [3.63, 3.8) is 0 Å². The number of nitrogens with zero attached hydrogens (tertiary/aromatic N) is 1. The molecule has 1 fully saturated rings. The first kappa shape index (κ1) is 12.0. The Labute approximate surface area is 88.6 Å². The predicted molar refractivity (Wildman–Crippen MR) is 60.6 cm³/mol. The molecule has 0 aromatic rings. The molecule has 0 amide bonds. The summed E-state index contributed by atoms with van der Waals surface area (Å²) in [5.74, 6) is 0. The fraction of sp³-hybridized carbons (Fsp3) is 1.00. The molecule has 0 aromatic carbocycles. The molecule has 0 spiro atoms. The number of hydrogen-bond acceptors (Lipinski definition) is 2. The molecular weight excluding hydrogens is 174 g/mol. The van der Waals surface area contributed by atoms with Gasteiger partial charge in [0, 0.05) is 6.54 Å². The second kappa shape index (κ2) is 5.72. The highest BCUT2D eigenvalue weighted by Gasteiger charge is 2.15. The van der Waals surface area contributed by atoms with Crippen LogP contribution < -0.4 is 0 Å². The van der Waals surface area contributed by atoms with E-state index in [2.05, 4.69) is 25.7 Å². The van der Waals surface area contributed by atoms with Gasteiger partial charge in [0.15, 0.2) is 0 Å². The highest BCUT2D eigenvalue weighted by molar-refractivity contribution is 4.67. The van der Waals surface area contributed by atoms with Gasteiger partial charge in [0.25, 0.3) is 0 Å². The lowest BCUT2D eigenvalue weighted by molar-refractivity contribution is 0.0490. The molecule has 0 saturated carbocycles. The summed E-state index contributed by atoms with van der Waals surface area (Å²) in [6, 6.07) is 0. The van der Waals surface area contributed by atoms with Gasteiger partial charge < -0.3 is 9.64 Å². The van der Waals surface area contributed by atoms with Crippen LogP contribution in [0.4, 0.5) is 0 Å². The number of ether oxygens (including phenoxy) is 1. The van der Waals surface area contributed by atoms with Crippen LogP contribution >= 0.6 is 0 Å². The minimum Gasteiger partial charge on any atom is -0.380 e. The Morgan fingerprint density at radius 2 is 1.86 bits per heavy atom. The molecule has 0 bridgehead atoms. The van der Waals surface area contributed by atoms with E-state index in [4.69, 9.17) is 4.74 Å². The summed E-state index contributed by atoms with van der Waals surface area (Å²) in [5, 5.41) is 0. The van der Waals surface area contributed by atoms with Crippen molar-refractivity contribution in [3.05, 3.63) is 0 Å². The van der Waals surface area contributed by atoms with Gasteiger partial charge in [-0.1, -0.05) is 20.8 Å². The van der Waals surface area contributed by atoms with Crippen molar-refractivity contribution in [2.24, 2.45) is 5.41 Å². The molecule has 14 heavy (non-hydrogen) atoms. The first-order valence-electron chi connectivity index (χ1n) is 5.94. The summed E-state index contributed by atoms with van der Waals surface area (Å²) in [4.78, 5) is 2.50. The SMILES string of the molecule is CCC(C)(C)COCCN1CCCC1. The molecular formula is C12H25NO. The lowest BCUT2D eigenvalue weighted by atomic mass is 9.92. The standard InChI is InChI=1S/C12H25NO/c1-4-12(2,3)11-14-10-9-13-7-5-6-8-13/h4-11H2,1-3H3. The van der Waals surface area contributed by atoms with E-state index in [1.807, 2.05) is 0 Å². The monoisotopic (exact) mass is 199 g/mol. The zero-order valence-corrected chi connectivity index (χ0v) is 10.0. The molecule has 0 radical (unpaired) electrons. The third-order valence-electron chi connectivity index (χ3n) is 3.20. The van der Waals surface area contributed by atoms with Crippen molar-refractivity contribution in [2.45, 2.75) is 40.0 Å². The largest absolute Gasteiger partial charge is 0.380 e. The van der Waals surface area contributed by atoms with Crippen LogP contribution in [0.2, 0.25) is 0 Å². The van der Waals surface area contributed by atoms with Gasteiger partial charge in [0.05, 0.1) is 13.2 Å². The molecule has 1 heterocycles. The maximum Gasteiger partial charge on any atom is 0.0593 e. The quantitative estimate of drug-likeness (QED) is 0.610. The van der Waals surface area contributed by atoms with Crippen LogP contribution in [0.1, 0.15) is 40.0 Å². The van der Waals surface area contributed by atoms with E-state index in [1.165, 1.54) is 32.4 Å². The van der Waals surface area contributed by atoms with E-state index in [1.54, 1.807) is 0 Å². The summed E-state index contributed by atoms with van der Waals surface area (Å²) in [6.45, 7) is 12.2. The molecule has 1 aliphatic rings. The molecule has 2 heteroatoms. The van der Waals surface area contributed by atoms with Crippen LogP contribution in [0.25, 0.3) is 0 Å². The van der Waals surface area contributed by atoms with E-state index in [0.29, 0.717) is 5.41 Å². The molecule has 0 aliphatic carbocycles. The molecule has 2 nitrogen and oxygen atoms in total. The average Bonchev–Trinajstić information content (AvgIpc) is 2.65. The maximum absolute atomic E-state index is 5.71. The zero-order valence-electron chi connectivity index (χ0n) is 10.0. The third kappa shape index (κ3) is 4.43. The van der Waals surface area contributed by atoms with Crippen LogP contribution in [0.3, 0.4) is 0 Å². The minimum atomic E-state index is 0.352. The molecule has 1 aliphatic heterocycles. The summed E-state index contributed by atoms with van der Waals surface area (Å²) in [6.07, 6.45) is 3.94. The Bertz CT molecular complexity index is 150. The minimum absolute atomic E-state index is 0.352. The van der Waals surface area contributed by atoms with Crippen LogP contribution in [-0.2, 0) is 4.74 Å². The van der Waals surface area contributed by atoms with Gasteiger partial charge in [0.2, 0.25) is 0 Å². The summed E-state index contributed by atoms with van der Waals surface area (Å²) < 4.78 is 5.71. The van der Waals surface area contributed by atoms with Crippen molar-refractivity contribution >= 4 is 0 Å². The summed E-state index contributed by atoms with van der Waals surface area (Å²) in [5.41, 5.74) is 0.352. The fourth-order valence-corrected chi connectivity index (χ4v) is 1.65. The van der Waals surface area contributed by atoms with Crippen molar-refractivity contribution < 1.29 is 4.74 Å².